The topological polar surface area (TPSA) is 43.1 Å². The molecule has 0 aromatic heterocycles. The Morgan fingerprint density at radius 1 is 1.83 bits per heavy atom. The molecule has 2 N–H and O–H groups in total. The van der Waals surface area contributed by atoms with Crippen molar-refractivity contribution in [3.63, 3.8) is 0 Å². The number of rotatable bonds is 1. The van der Waals surface area contributed by atoms with Crippen molar-refractivity contribution in [2.75, 3.05) is 0 Å². The molecule has 0 fully saturated rings. The zero-order valence-corrected chi connectivity index (χ0v) is 4.76. The number of primary amides is 1. The molecule has 33 valence electrons. The maximum atomic E-state index is 9.74. The van der Waals surface area contributed by atoms with E-state index in [9.17, 15) is 4.79 Å². The van der Waals surface area contributed by atoms with Gasteiger partial charge in [-0.3, -0.25) is 4.79 Å². The predicted molar refractivity (Wildman–Crippen MR) is 26.9 cm³/mol. The van der Waals surface area contributed by atoms with Gasteiger partial charge in [0.1, 0.15) is 0 Å². The maximum Gasteiger partial charge on any atom is 0.240 e. The molecule has 0 heterocycles. The van der Waals surface area contributed by atoms with E-state index in [0.717, 1.165) is 0 Å². The number of hydrogen-bond donors (Lipinski definition) is 1. The highest BCUT2D eigenvalue weighted by Crippen LogP contribution is 1.57. The van der Waals surface area contributed by atoms with Crippen LogP contribution in [-0.4, -0.2) is 16.1 Å². The van der Waals surface area contributed by atoms with Gasteiger partial charge in [-0.1, -0.05) is 5.70 Å². The monoisotopic (exact) mass is 100 g/mol. The summed E-state index contributed by atoms with van der Waals surface area (Å²) in [5, 5.41) is 0. The summed E-state index contributed by atoms with van der Waals surface area (Å²) in [4.78, 5) is 9.74. The van der Waals surface area contributed by atoms with Crippen LogP contribution in [0.2, 0.25) is 0 Å². The van der Waals surface area contributed by atoms with Crippen molar-refractivity contribution in [1.82, 2.24) is 0 Å². The third kappa shape index (κ3) is 3.43. The number of nitrogens with two attached hydrogens (primary N) is 1. The van der Waals surface area contributed by atoms with Crippen molar-refractivity contribution in [3.8, 4) is 0 Å². The van der Waals surface area contributed by atoms with Crippen LogP contribution in [-0.2, 0) is 4.79 Å². The SMILES string of the molecule is NC(=O)C=C[SiH2]. The van der Waals surface area contributed by atoms with Crippen LogP contribution in [0.3, 0.4) is 0 Å². The van der Waals surface area contributed by atoms with E-state index in [1.54, 1.807) is 15.9 Å². The Hall–Kier alpha value is -0.573. The molecule has 0 aromatic carbocycles. The highest BCUT2D eigenvalue weighted by molar-refractivity contribution is 6.18. The molecule has 0 atom stereocenters. The molecule has 0 spiro atoms. The van der Waals surface area contributed by atoms with E-state index >= 15 is 0 Å². The zero-order valence-electron chi connectivity index (χ0n) is 3.35. The lowest BCUT2D eigenvalue weighted by atomic mass is 10.6. The first-order chi connectivity index (χ1) is 2.77. The lowest BCUT2D eigenvalue weighted by molar-refractivity contribution is -0.113. The molecule has 0 saturated heterocycles. The van der Waals surface area contributed by atoms with Gasteiger partial charge in [-0.15, -0.1) is 0 Å². The Balaban J connectivity index is 3.30. The fourth-order valence-corrected chi connectivity index (χ4v) is 0.348. The molecule has 1 amide bonds. The summed E-state index contributed by atoms with van der Waals surface area (Å²) in [6, 6.07) is 0. The van der Waals surface area contributed by atoms with Crippen molar-refractivity contribution in [2.24, 2.45) is 5.73 Å². The second-order valence-corrected chi connectivity index (χ2v) is 1.28. The van der Waals surface area contributed by atoms with Crippen LogP contribution >= 0.6 is 0 Å². The second-order valence-electron chi connectivity index (χ2n) is 0.805. The lowest BCUT2D eigenvalue weighted by Crippen LogP contribution is -2.04. The maximum absolute atomic E-state index is 9.74. The lowest BCUT2D eigenvalue weighted by Gasteiger charge is -1.69. The summed E-state index contributed by atoms with van der Waals surface area (Å²) in [7, 11) is 1.57. The summed E-state index contributed by atoms with van der Waals surface area (Å²) in [6.45, 7) is 0. The number of carbonyl (C=O) groups is 1. The van der Waals surface area contributed by atoms with Gasteiger partial charge >= 0.3 is 0 Å². The molecule has 0 unspecified atom stereocenters. The van der Waals surface area contributed by atoms with Crippen LogP contribution in [0.15, 0.2) is 11.8 Å². The Morgan fingerprint density at radius 2 is 2.33 bits per heavy atom. The molecule has 0 aliphatic rings. The molecule has 1 radical (unpaired) electrons. The Kier molecular flexibility index (Phi) is 2.40. The molecular formula is C3H6NOSi. The summed E-state index contributed by atoms with van der Waals surface area (Å²) < 4.78 is 0. The van der Waals surface area contributed by atoms with E-state index in [1.165, 1.54) is 6.08 Å². The number of amides is 1. The number of carbonyl (C=O) groups excluding carboxylic acids is 1. The summed E-state index contributed by atoms with van der Waals surface area (Å²) in [5.74, 6) is -0.384. The van der Waals surface area contributed by atoms with Crippen LogP contribution in [0.1, 0.15) is 0 Å². The standard InChI is InChI=1S/C3H6NOSi/c4-3(5)1-2-6/h1-2H,6H2,(H2,4,5). The smallest absolute Gasteiger partial charge is 0.240 e. The van der Waals surface area contributed by atoms with Gasteiger partial charge in [0.2, 0.25) is 5.91 Å². The van der Waals surface area contributed by atoms with Gasteiger partial charge in [0.15, 0.2) is 0 Å². The minimum atomic E-state index is -0.384. The van der Waals surface area contributed by atoms with E-state index in [1.807, 2.05) is 0 Å². The van der Waals surface area contributed by atoms with Crippen molar-refractivity contribution in [1.29, 1.82) is 0 Å². The first-order valence-corrected chi connectivity index (χ1v) is 2.34. The van der Waals surface area contributed by atoms with Gasteiger partial charge in [0.05, 0.1) is 0 Å². The van der Waals surface area contributed by atoms with Gasteiger partial charge in [-0.2, -0.15) is 0 Å². The van der Waals surface area contributed by atoms with Gasteiger partial charge in [0, 0.05) is 10.2 Å². The molecule has 2 nitrogen and oxygen atoms in total. The van der Waals surface area contributed by atoms with Crippen LogP contribution < -0.4 is 5.73 Å². The van der Waals surface area contributed by atoms with Crippen molar-refractivity contribution >= 4 is 16.1 Å². The van der Waals surface area contributed by atoms with E-state index in [0.29, 0.717) is 0 Å². The number of hydrogen-bond acceptors (Lipinski definition) is 1. The van der Waals surface area contributed by atoms with E-state index in [4.69, 9.17) is 0 Å². The molecule has 0 aliphatic heterocycles. The third-order valence-electron chi connectivity index (χ3n) is 0.282. The average molecular weight is 100 g/mol. The van der Waals surface area contributed by atoms with Crippen LogP contribution in [0, 0.1) is 0 Å². The fraction of sp³-hybridized carbons (Fsp3) is 0. The summed E-state index contributed by atoms with van der Waals surface area (Å²) >= 11 is 0. The van der Waals surface area contributed by atoms with E-state index in [-0.39, 0.29) is 5.91 Å². The van der Waals surface area contributed by atoms with Crippen LogP contribution in [0.25, 0.3) is 0 Å². The second kappa shape index (κ2) is 2.65. The van der Waals surface area contributed by atoms with Gasteiger partial charge < -0.3 is 5.73 Å². The largest absolute Gasteiger partial charge is 0.366 e. The van der Waals surface area contributed by atoms with Gasteiger partial charge in [-0.25, -0.2) is 0 Å². The summed E-state index contributed by atoms with van der Waals surface area (Å²) in [6.07, 6.45) is 1.32. The third-order valence-corrected chi connectivity index (χ3v) is 0.518. The molecule has 0 aliphatic carbocycles. The molecule has 3 heteroatoms. The molecule has 0 rings (SSSR count). The predicted octanol–water partition coefficient (Wildman–Crippen LogP) is -1.38. The highest BCUT2D eigenvalue weighted by Gasteiger charge is 1.73. The van der Waals surface area contributed by atoms with Crippen molar-refractivity contribution < 1.29 is 4.79 Å². The van der Waals surface area contributed by atoms with E-state index < -0.39 is 0 Å². The quantitative estimate of drug-likeness (QED) is 0.320. The van der Waals surface area contributed by atoms with Crippen molar-refractivity contribution in [2.45, 2.75) is 0 Å². The van der Waals surface area contributed by atoms with Crippen LogP contribution in [0.5, 0.6) is 0 Å². The minimum Gasteiger partial charge on any atom is -0.366 e. The first kappa shape index (κ1) is 5.43. The van der Waals surface area contributed by atoms with Gasteiger partial charge in [0.25, 0.3) is 0 Å². The molecule has 0 aromatic rings. The van der Waals surface area contributed by atoms with E-state index in [2.05, 4.69) is 5.73 Å². The highest BCUT2D eigenvalue weighted by atomic mass is 28.1. The Labute approximate surface area is 39.5 Å². The molecule has 6 heavy (non-hydrogen) atoms. The Morgan fingerprint density at radius 3 is 2.33 bits per heavy atom. The van der Waals surface area contributed by atoms with Crippen LogP contribution in [0.4, 0.5) is 0 Å². The summed E-state index contributed by atoms with van der Waals surface area (Å²) in [5.41, 5.74) is 6.31. The molecular weight excluding hydrogens is 94.1 g/mol. The Bertz CT molecular complexity index is 78.9. The first-order valence-electron chi connectivity index (χ1n) is 1.52. The minimum absolute atomic E-state index is 0.384. The zero-order chi connectivity index (χ0) is 4.99. The normalized spacial score (nSPS) is 9.50. The fourth-order valence-electron chi connectivity index (χ4n) is 0.116. The van der Waals surface area contributed by atoms with Crippen molar-refractivity contribution in [3.05, 3.63) is 11.8 Å². The van der Waals surface area contributed by atoms with Gasteiger partial charge in [-0.05, 0) is 6.08 Å². The average Bonchev–Trinajstić information content (AvgIpc) is 1.35. The molecule has 0 bridgehead atoms. The molecule has 0 saturated carbocycles.